The third-order valence-corrected chi connectivity index (χ3v) is 9.65. The average Bonchev–Trinajstić information content (AvgIpc) is 3.21. The molecule has 5 aliphatic rings. The number of rotatable bonds is 2. The molecule has 38 heavy (non-hydrogen) atoms. The van der Waals surface area contributed by atoms with Crippen LogP contribution in [0.4, 0.5) is 13.2 Å². The van der Waals surface area contributed by atoms with Gasteiger partial charge in [-0.25, -0.2) is 0 Å². The molecular weight excluding hydrogens is 497 g/mol. The molecule has 2 saturated heterocycles. The number of alkyl halides is 3. The van der Waals surface area contributed by atoms with Gasteiger partial charge in [-0.2, -0.15) is 13.2 Å². The first-order chi connectivity index (χ1) is 18.3. The van der Waals surface area contributed by atoms with E-state index in [4.69, 9.17) is 19.2 Å². The van der Waals surface area contributed by atoms with Gasteiger partial charge >= 0.3 is 6.18 Å². The van der Waals surface area contributed by atoms with Crippen molar-refractivity contribution in [2.75, 3.05) is 26.4 Å². The number of nitrogens with zero attached hydrogens (tertiary/aromatic N) is 2. The van der Waals surface area contributed by atoms with Crippen LogP contribution in [-0.4, -0.2) is 41.5 Å². The van der Waals surface area contributed by atoms with Gasteiger partial charge in [0.1, 0.15) is 11.8 Å². The summed E-state index contributed by atoms with van der Waals surface area (Å²) in [6.07, 6.45) is 3.50. The van der Waals surface area contributed by atoms with Gasteiger partial charge in [-0.3, -0.25) is 9.97 Å². The maximum atomic E-state index is 13.3. The van der Waals surface area contributed by atoms with E-state index in [1.54, 1.807) is 0 Å². The number of fused-ring (bicyclic) bond motifs is 4. The van der Waals surface area contributed by atoms with E-state index >= 15 is 0 Å². The van der Waals surface area contributed by atoms with Crippen LogP contribution in [0.5, 0.6) is 0 Å². The Morgan fingerprint density at radius 1 is 0.947 bits per heavy atom. The minimum atomic E-state index is -4.51. The predicted octanol–water partition coefficient (Wildman–Crippen LogP) is 5.66. The zero-order valence-electron chi connectivity index (χ0n) is 21.4. The molecule has 2 atom stereocenters. The highest BCUT2D eigenvalue weighted by Crippen LogP contribution is 2.60. The Morgan fingerprint density at radius 2 is 1.68 bits per heavy atom. The predicted molar refractivity (Wildman–Crippen MR) is 130 cm³/mol. The van der Waals surface area contributed by atoms with Crippen LogP contribution >= 0.6 is 0 Å². The molecule has 2 unspecified atom stereocenters. The van der Waals surface area contributed by atoms with Crippen LogP contribution in [-0.2, 0) is 32.4 Å². The second-order valence-electron chi connectivity index (χ2n) is 11.9. The highest BCUT2D eigenvalue weighted by molar-refractivity contribution is 5.54. The van der Waals surface area contributed by atoms with E-state index in [0.717, 1.165) is 72.7 Å². The molecule has 2 spiro atoms. The van der Waals surface area contributed by atoms with Crippen molar-refractivity contribution in [2.24, 2.45) is 5.41 Å². The number of ether oxygens (including phenoxy) is 3. The van der Waals surface area contributed by atoms with Crippen molar-refractivity contribution in [3.63, 3.8) is 0 Å². The molecule has 0 amide bonds. The van der Waals surface area contributed by atoms with Crippen LogP contribution in [0.3, 0.4) is 0 Å². The molecule has 7 rings (SSSR count). The third-order valence-electron chi connectivity index (χ3n) is 9.65. The lowest BCUT2D eigenvalue weighted by molar-refractivity contribution is -0.141. The molecule has 2 aliphatic carbocycles. The summed E-state index contributed by atoms with van der Waals surface area (Å²) in [6, 6.07) is 2.51. The molecule has 1 saturated carbocycles. The van der Waals surface area contributed by atoms with Crippen LogP contribution in [0.1, 0.15) is 109 Å². The van der Waals surface area contributed by atoms with Gasteiger partial charge in [0.2, 0.25) is 0 Å². The average molecular weight is 531 g/mol. The molecular formula is C29H33F3N2O4. The number of aliphatic hydroxyl groups excluding tert-OH is 1. The normalized spacial score (nSPS) is 28.2. The van der Waals surface area contributed by atoms with Crippen LogP contribution in [0, 0.1) is 5.41 Å². The van der Waals surface area contributed by atoms with Crippen molar-refractivity contribution in [3.8, 4) is 0 Å². The number of hydrogen-bond acceptors (Lipinski definition) is 6. The Morgan fingerprint density at radius 3 is 2.32 bits per heavy atom. The molecule has 1 N–H and O–H groups in total. The molecule has 0 bridgehead atoms. The quantitative estimate of drug-likeness (QED) is 0.540. The summed E-state index contributed by atoms with van der Waals surface area (Å²) in [5, 5.41) is 11.6. The third kappa shape index (κ3) is 3.92. The number of aromatic nitrogens is 2. The van der Waals surface area contributed by atoms with E-state index in [1.807, 2.05) is 0 Å². The van der Waals surface area contributed by atoms with Gasteiger partial charge in [-0.05, 0) is 55.6 Å². The largest absolute Gasteiger partial charge is 0.433 e. The van der Waals surface area contributed by atoms with Crippen molar-refractivity contribution in [1.29, 1.82) is 0 Å². The molecule has 0 radical (unpaired) electrons. The van der Waals surface area contributed by atoms with Crippen molar-refractivity contribution < 1.29 is 32.5 Å². The number of halogens is 3. The summed E-state index contributed by atoms with van der Waals surface area (Å²) in [6.45, 7) is 2.36. The second-order valence-corrected chi connectivity index (χ2v) is 11.9. The Hall–Kier alpha value is -2.07. The van der Waals surface area contributed by atoms with Gasteiger partial charge in [-0.15, -0.1) is 0 Å². The molecule has 9 heteroatoms. The molecule has 0 aromatic carbocycles. The summed E-state index contributed by atoms with van der Waals surface area (Å²) in [4.78, 5) is 9.08. The smallest absolute Gasteiger partial charge is 0.388 e. The Labute approximate surface area is 219 Å². The lowest BCUT2D eigenvalue weighted by atomic mass is 9.58. The van der Waals surface area contributed by atoms with Crippen LogP contribution in [0.25, 0.3) is 0 Å². The van der Waals surface area contributed by atoms with Crippen LogP contribution in [0.2, 0.25) is 0 Å². The molecule has 3 aliphatic heterocycles. The fraction of sp³-hybridized carbons (Fsp3) is 0.655. The lowest BCUT2D eigenvalue weighted by Crippen LogP contribution is -2.41. The second kappa shape index (κ2) is 8.98. The zero-order chi connectivity index (χ0) is 26.1. The first-order valence-corrected chi connectivity index (χ1v) is 13.9. The molecule has 6 nitrogen and oxygen atoms in total. The van der Waals surface area contributed by atoms with E-state index in [2.05, 4.69) is 4.98 Å². The Kier molecular flexibility index (Phi) is 5.89. The highest BCUT2D eigenvalue weighted by atomic mass is 19.4. The SMILES string of the molecule is OC1CC2(CCC2)Cc2nc(C3CCOCC3)c3c(c21)C1(CCOCC1)OC3c1ccc(C(F)(F)F)nc1. The van der Waals surface area contributed by atoms with Crippen molar-refractivity contribution >= 4 is 0 Å². The topological polar surface area (TPSA) is 73.7 Å². The lowest BCUT2D eigenvalue weighted by Gasteiger charge is -2.48. The van der Waals surface area contributed by atoms with Gasteiger partial charge in [0.05, 0.1) is 17.4 Å². The van der Waals surface area contributed by atoms with E-state index in [0.29, 0.717) is 44.8 Å². The van der Waals surface area contributed by atoms with E-state index in [9.17, 15) is 18.3 Å². The van der Waals surface area contributed by atoms with Gasteiger partial charge < -0.3 is 19.3 Å². The molecule has 204 valence electrons. The minimum absolute atomic E-state index is 0.125. The van der Waals surface area contributed by atoms with Crippen molar-refractivity contribution in [3.05, 3.63) is 57.7 Å². The maximum Gasteiger partial charge on any atom is 0.433 e. The number of pyridine rings is 2. The van der Waals surface area contributed by atoms with E-state index in [1.165, 1.54) is 18.7 Å². The summed E-state index contributed by atoms with van der Waals surface area (Å²) in [5.41, 5.74) is 3.94. The monoisotopic (exact) mass is 530 g/mol. The zero-order valence-corrected chi connectivity index (χ0v) is 21.4. The van der Waals surface area contributed by atoms with Crippen molar-refractivity contribution in [2.45, 2.75) is 87.7 Å². The molecule has 2 aromatic heterocycles. The standard InChI is InChI=1S/C29H33F3N2O4/c30-29(31,32)21-3-2-18(16-33-21)26-23-24(28(38-26)8-12-37-13-9-28)22-19(14-27(6-1-7-27)15-20(22)35)34-25(23)17-4-10-36-11-5-17/h2-3,16-17,20,26,35H,1,4-15H2. The molecule has 5 heterocycles. The highest BCUT2D eigenvalue weighted by Gasteiger charge is 2.54. The van der Waals surface area contributed by atoms with E-state index in [-0.39, 0.29) is 11.3 Å². The van der Waals surface area contributed by atoms with Crippen LogP contribution < -0.4 is 0 Å². The number of aliphatic hydroxyl groups is 1. The van der Waals surface area contributed by atoms with E-state index < -0.39 is 29.7 Å². The maximum absolute atomic E-state index is 13.3. The fourth-order valence-electron chi connectivity index (χ4n) is 7.59. The first-order valence-electron chi connectivity index (χ1n) is 13.9. The van der Waals surface area contributed by atoms with Gasteiger partial charge in [0.15, 0.2) is 0 Å². The first kappa shape index (κ1) is 24.9. The Balaban J connectivity index is 1.43. The molecule has 2 aromatic rings. The van der Waals surface area contributed by atoms with Gasteiger partial charge in [0, 0.05) is 73.8 Å². The summed E-state index contributed by atoms with van der Waals surface area (Å²) in [5.74, 6) is 0.169. The fourth-order valence-corrected chi connectivity index (χ4v) is 7.59. The Bertz CT molecular complexity index is 1220. The van der Waals surface area contributed by atoms with Crippen LogP contribution in [0.15, 0.2) is 18.3 Å². The minimum Gasteiger partial charge on any atom is -0.388 e. The van der Waals surface area contributed by atoms with Gasteiger partial charge in [0.25, 0.3) is 0 Å². The summed E-state index contributed by atoms with van der Waals surface area (Å²) in [7, 11) is 0. The van der Waals surface area contributed by atoms with Gasteiger partial charge in [-0.1, -0.05) is 12.5 Å². The summed E-state index contributed by atoms with van der Waals surface area (Å²) < 4.78 is 58.2. The summed E-state index contributed by atoms with van der Waals surface area (Å²) >= 11 is 0. The van der Waals surface area contributed by atoms with Crippen molar-refractivity contribution in [1.82, 2.24) is 9.97 Å². The molecule has 3 fully saturated rings. The number of hydrogen-bond donors (Lipinski definition) is 1.